The molecule has 2 N–H and O–H groups in total. The molecule has 2 amide bonds. The molecule has 0 bridgehead atoms. The van der Waals surface area contributed by atoms with E-state index in [0.29, 0.717) is 12.8 Å². The molecule has 0 unspecified atom stereocenters. The van der Waals surface area contributed by atoms with Crippen LogP contribution in [-0.2, 0) is 9.59 Å². The predicted molar refractivity (Wildman–Crippen MR) is 68.0 cm³/mol. The lowest BCUT2D eigenvalue weighted by Crippen LogP contribution is -2.45. The zero-order valence-electron chi connectivity index (χ0n) is 9.06. The van der Waals surface area contributed by atoms with E-state index >= 15 is 0 Å². The maximum Gasteiger partial charge on any atom is 0.242 e. The van der Waals surface area contributed by atoms with Crippen molar-refractivity contribution in [1.29, 1.82) is 0 Å². The first-order chi connectivity index (χ1) is 8.00. The summed E-state index contributed by atoms with van der Waals surface area (Å²) in [6, 6.07) is -0.497. The van der Waals surface area contributed by atoms with Crippen molar-refractivity contribution in [3.05, 3.63) is 9.52 Å². The van der Waals surface area contributed by atoms with Gasteiger partial charge in [-0.1, -0.05) is 41.2 Å². The minimum absolute atomic E-state index is 0.0646. The van der Waals surface area contributed by atoms with Crippen molar-refractivity contribution < 1.29 is 9.59 Å². The van der Waals surface area contributed by atoms with Gasteiger partial charge in [0.05, 0.1) is 11.6 Å². The van der Waals surface area contributed by atoms with E-state index in [1.54, 1.807) is 0 Å². The topological polar surface area (TPSA) is 58.2 Å². The van der Waals surface area contributed by atoms with Crippen molar-refractivity contribution in [3.63, 3.8) is 0 Å². The average molecular weight is 300 g/mol. The minimum atomic E-state index is -0.497. The van der Waals surface area contributed by atoms with Crippen LogP contribution in [-0.4, -0.2) is 24.4 Å². The molecule has 0 aromatic carbocycles. The first kappa shape index (κ1) is 14.6. The van der Waals surface area contributed by atoms with Gasteiger partial charge in [-0.2, -0.15) is 0 Å². The Morgan fingerprint density at radius 1 is 1.35 bits per heavy atom. The molecule has 17 heavy (non-hydrogen) atoms. The largest absolute Gasteiger partial charge is 0.349 e. The lowest BCUT2D eigenvalue weighted by molar-refractivity contribution is -0.128. The molecule has 0 aromatic rings. The molecule has 1 rings (SSSR count). The number of carbonyl (C=O) groups is 2. The number of halogens is 3. The first-order valence-corrected chi connectivity index (χ1v) is 6.41. The Labute approximate surface area is 115 Å². The van der Waals surface area contributed by atoms with Gasteiger partial charge in [-0.05, 0) is 12.8 Å². The van der Waals surface area contributed by atoms with E-state index in [4.69, 9.17) is 34.8 Å². The van der Waals surface area contributed by atoms with Gasteiger partial charge in [0, 0.05) is 6.42 Å². The Morgan fingerprint density at radius 2 is 2.06 bits per heavy atom. The van der Waals surface area contributed by atoms with Crippen molar-refractivity contribution in [2.45, 2.75) is 31.7 Å². The number of amides is 2. The summed E-state index contributed by atoms with van der Waals surface area (Å²) in [7, 11) is 0. The van der Waals surface area contributed by atoms with Crippen LogP contribution in [0.2, 0.25) is 0 Å². The Bertz CT molecular complexity index is 340. The van der Waals surface area contributed by atoms with Crippen molar-refractivity contribution in [2.75, 3.05) is 6.54 Å². The highest BCUT2D eigenvalue weighted by Crippen LogP contribution is 2.16. The molecule has 1 aliphatic rings. The Balaban J connectivity index is 2.46. The lowest BCUT2D eigenvalue weighted by Gasteiger charge is -2.15. The summed E-state index contributed by atoms with van der Waals surface area (Å²) in [4.78, 5) is 23.0. The fourth-order valence-corrected chi connectivity index (χ4v) is 1.72. The van der Waals surface area contributed by atoms with Crippen LogP contribution in [0.25, 0.3) is 0 Å². The lowest BCUT2D eigenvalue weighted by atomic mass is 10.1. The van der Waals surface area contributed by atoms with Crippen LogP contribution in [0.15, 0.2) is 9.52 Å². The van der Waals surface area contributed by atoms with E-state index in [-0.39, 0.29) is 27.9 Å². The van der Waals surface area contributed by atoms with Gasteiger partial charge in [0.2, 0.25) is 11.8 Å². The summed E-state index contributed by atoms with van der Waals surface area (Å²) in [6.45, 7) is 0.0646. The smallest absolute Gasteiger partial charge is 0.242 e. The second-order valence-corrected chi connectivity index (χ2v) is 5.15. The number of nitrogens with one attached hydrogen (secondary N) is 2. The van der Waals surface area contributed by atoms with Gasteiger partial charge in [-0.25, -0.2) is 0 Å². The monoisotopic (exact) mass is 298 g/mol. The third kappa shape index (κ3) is 5.15. The van der Waals surface area contributed by atoms with Crippen molar-refractivity contribution in [2.24, 2.45) is 0 Å². The zero-order valence-corrected chi connectivity index (χ0v) is 11.3. The zero-order chi connectivity index (χ0) is 12.8. The highest BCUT2D eigenvalue weighted by Gasteiger charge is 2.22. The van der Waals surface area contributed by atoms with Gasteiger partial charge in [0.25, 0.3) is 0 Å². The molecule has 1 fully saturated rings. The molecule has 4 nitrogen and oxygen atoms in total. The Hall–Kier alpha value is -0.450. The SMILES string of the molecule is O=C1CCCC[C@H](C(=O)NCC(Cl)=C(Cl)Cl)N1. The third-order valence-electron chi connectivity index (χ3n) is 2.42. The van der Waals surface area contributed by atoms with E-state index < -0.39 is 6.04 Å². The quantitative estimate of drug-likeness (QED) is 0.838. The normalized spacial score (nSPS) is 20.2. The fraction of sp³-hybridized carbons (Fsp3) is 0.600. The molecule has 0 saturated carbocycles. The average Bonchev–Trinajstić information content (AvgIpc) is 2.50. The number of rotatable bonds is 3. The second kappa shape index (κ2) is 7.09. The second-order valence-electron chi connectivity index (χ2n) is 3.75. The summed E-state index contributed by atoms with van der Waals surface area (Å²) in [6.07, 6.45) is 2.76. The van der Waals surface area contributed by atoms with Crippen molar-refractivity contribution >= 4 is 46.6 Å². The van der Waals surface area contributed by atoms with Gasteiger partial charge >= 0.3 is 0 Å². The first-order valence-electron chi connectivity index (χ1n) is 5.27. The maximum absolute atomic E-state index is 11.7. The van der Waals surface area contributed by atoms with Gasteiger partial charge in [0.1, 0.15) is 10.5 Å². The molecule has 1 atom stereocenters. The molecular weight excluding hydrogens is 286 g/mol. The molecule has 0 spiro atoms. The third-order valence-corrected chi connectivity index (χ3v) is 3.39. The Kier molecular flexibility index (Phi) is 6.09. The van der Waals surface area contributed by atoms with Crippen LogP contribution < -0.4 is 10.6 Å². The highest BCUT2D eigenvalue weighted by molar-refractivity contribution is 6.59. The summed E-state index contributed by atoms with van der Waals surface area (Å²) in [5.74, 6) is -0.368. The fourth-order valence-electron chi connectivity index (χ4n) is 1.52. The van der Waals surface area contributed by atoms with E-state index in [9.17, 15) is 9.59 Å². The summed E-state index contributed by atoms with van der Waals surface area (Å²) >= 11 is 16.6. The number of carbonyl (C=O) groups excluding carboxylic acids is 2. The van der Waals surface area contributed by atoms with E-state index in [1.807, 2.05) is 0 Å². The molecule has 0 aliphatic carbocycles. The van der Waals surface area contributed by atoms with E-state index in [1.165, 1.54) is 0 Å². The molecule has 1 saturated heterocycles. The number of hydrogen-bond donors (Lipinski definition) is 2. The van der Waals surface area contributed by atoms with Crippen molar-refractivity contribution in [3.8, 4) is 0 Å². The summed E-state index contributed by atoms with van der Waals surface area (Å²) in [5, 5.41) is 5.39. The van der Waals surface area contributed by atoms with Crippen LogP contribution in [0.3, 0.4) is 0 Å². The van der Waals surface area contributed by atoms with Crippen molar-refractivity contribution in [1.82, 2.24) is 10.6 Å². The molecular formula is C10H13Cl3N2O2. The van der Waals surface area contributed by atoms with Crippen LogP contribution in [0.5, 0.6) is 0 Å². The van der Waals surface area contributed by atoms with E-state index in [0.717, 1.165) is 12.8 Å². The molecule has 1 heterocycles. The summed E-state index contributed by atoms with van der Waals surface area (Å²) in [5.41, 5.74) is 0. The van der Waals surface area contributed by atoms with Gasteiger partial charge in [0.15, 0.2) is 0 Å². The van der Waals surface area contributed by atoms with Crippen LogP contribution in [0.4, 0.5) is 0 Å². The molecule has 96 valence electrons. The van der Waals surface area contributed by atoms with Crippen LogP contribution >= 0.6 is 34.8 Å². The van der Waals surface area contributed by atoms with Crippen LogP contribution in [0, 0.1) is 0 Å². The number of hydrogen-bond acceptors (Lipinski definition) is 2. The van der Waals surface area contributed by atoms with Crippen LogP contribution in [0.1, 0.15) is 25.7 Å². The van der Waals surface area contributed by atoms with Gasteiger partial charge < -0.3 is 10.6 Å². The summed E-state index contributed by atoms with van der Waals surface area (Å²) < 4.78 is -0.0723. The van der Waals surface area contributed by atoms with E-state index in [2.05, 4.69) is 10.6 Å². The minimum Gasteiger partial charge on any atom is -0.349 e. The molecule has 7 heteroatoms. The predicted octanol–water partition coefficient (Wildman–Crippen LogP) is 2.05. The molecule has 0 radical (unpaired) electrons. The highest BCUT2D eigenvalue weighted by atomic mass is 35.5. The van der Waals surface area contributed by atoms with Gasteiger partial charge in [-0.3, -0.25) is 9.59 Å². The molecule has 0 aromatic heterocycles. The maximum atomic E-state index is 11.7. The standard InChI is InChI=1S/C10H13Cl3N2O2/c11-6(9(12)13)5-14-10(17)7-3-1-2-4-8(16)15-7/h7H,1-5H2,(H,14,17)(H,15,16)/t7-/m1/s1. The Morgan fingerprint density at radius 3 is 2.71 bits per heavy atom. The molecule has 1 aliphatic heterocycles. The van der Waals surface area contributed by atoms with Gasteiger partial charge in [-0.15, -0.1) is 0 Å².